The Balaban J connectivity index is 0.00000141. The zero-order valence-corrected chi connectivity index (χ0v) is 20.5. The highest BCUT2D eigenvalue weighted by molar-refractivity contribution is 5.88. The van der Waals surface area contributed by atoms with Gasteiger partial charge in [0.25, 0.3) is 0 Å². The summed E-state index contributed by atoms with van der Waals surface area (Å²) in [4.78, 5) is 15.3. The fraction of sp³-hybridized carbons (Fsp3) is 0.300. The second-order valence-corrected chi connectivity index (χ2v) is 8.56. The van der Waals surface area contributed by atoms with E-state index in [1.807, 2.05) is 74.5 Å². The Morgan fingerprint density at radius 2 is 1.63 bits per heavy atom. The SMILES string of the molecule is CC.O=c1oc2cc(O)ccc2c(Cc2ccc(OCN3CCCCC3)cc2)c1-c1ccccc1. The van der Waals surface area contributed by atoms with E-state index in [2.05, 4.69) is 4.90 Å². The lowest BCUT2D eigenvalue weighted by Crippen LogP contribution is -2.33. The first kappa shape index (κ1) is 24.6. The van der Waals surface area contributed by atoms with Crippen molar-refractivity contribution in [1.29, 1.82) is 0 Å². The number of piperidine rings is 1. The minimum atomic E-state index is -0.407. The highest BCUT2D eigenvalue weighted by Crippen LogP contribution is 2.31. The molecule has 0 unspecified atom stereocenters. The molecule has 0 aliphatic carbocycles. The molecule has 0 atom stereocenters. The molecule has 1 fully saturated rings. The van der Waals surface area contributed by atoms with Crippen LogP contribution in [0.3, 0.4) is 0 Å². The number of hydrogen-bond donors (Lipinski definition) is 1. The van der Waals surface area contributed by atoms with Crippen LogP contribution in [0.2, 0.25) is 0 Å². The Morgan fingerprint density at radius 1 is 0.914 bits per heavy atom. The van der Waals surface area contributed by atoms with Gasteiger partial charge in [-0.25, -0.2) is 4.79 Å². The Labute approximate surface area is 206 Å². The minimum Gasteiger partial charge on any atom is -0.508 e. The number of nitrogens with zero attached hydrogens (tertiary/aromatic N) is 1. The first-order chi connectivity index (χ1) is 17.2. The maximum absolute atomic E-state index is 13.0. The van der Waals surface area contributed by atoms with Crippen molar-refractivity contribution in [3.05, 3.63) is 94.3 Å². The van der Waals surface area contributed by atoms with Crippen LogP contribution >= 0.6 is 0 Å². The summed E-state index contributed by atoms with van der Waals surface area (Å²) in [6, 6.07) is 22.6. The lowest BCUT2D eigenvalue weighted by molar-refractivity contribution is 0.106. The summed E-state index contributed by atoms with van der Waals surface area (Å²) < 4.78 is 11.6. The molecule has 0 radical (unpaired) electrons. The molecule has 35 heavy (non-hydrogen) atoms. The highest BCUT2D eigenvalue weighted by Gasteiger charge is 2.17. The second kappa shape index (κ2) is 11.7. The topological polar surface area (TPSA) is 62.9 Å². The van der Waals surface area contributed by atoms with Gasteiger partial charge in [0, 0.05) is 24.5 Å². The van der Waals surface area contributed by atoms with Gasteiger partial charge in [0.05, 0.1) is 5.56 Å². The van der Waals surface area contributed by atoms with Crippen LogP contribution < -0.4 is 10.4 Å². The van der Waals surface area contributed by atoms with Crippen molar-refractivity contribution < 1.29 is 14.3 Å². The molecule has 2 heterocycles. The van der Waals surface area contributed by atoms with Crippen LogP contribution in [0.15, 0.2) is 82.0 Å². The van der Waals surface area contributed by atoms with E-state index >= 15 is 0 Å². The number of fused-ring (bicyclic) bond motifs is 1. The molecule has 3 aromatic carbocycles. The predicted molar refractivity (Wildman–Crippen MR) is 141 cm³/mol. The van der Waals surface area contributed by atoms with E-state index in [-0.39, 0.29) is 5.75 Å². The van der Waals surface area contributed by atoms with Crippen molar-refractivity contribution in [3.8, 4) is 22.6 Å². The second-order valence-electron chi connectivity index (χ2n) is 8.56. The Hall–Kier alpha value is -3.57. The van der Waals surface area contributed by atoms with E-state index < -0.39 is 5.63 Å². The number of aromatic hydroxyl groups is 1. The average molecular weight is 472 g/mol. The van der Waals surface area contributed by atoms with E-state index in [9.17, 15) is 9.90 Å². The van der Waals surface area contributed by atoms with E-state index in [1.165, 1.54) is 25.3 Å². The standard InChI is InChI=1S/C28H27NO4.C2H6/c30-22-11-14-24-25(27(21-7-3-1-4-8-21)28(31)33-26(24)18-22)17-20-9-12-23(13-10-20)32-19-29-15-5-2-6-16-29;1-2/h1,3-4,7-14,18,30H,2,5-6,15-17,19H2;1-2H3. The van der Waals surface area contributed by atoms with Gasteiger partial charge < -0.3 is 14.3 Å². The van der Waals surface area contributed by atoms with Crippen LogP contribution in [0.4, 0.5) is 0 Å². The molecule has 0 bridgehead atoms. The van der Waals surface area contributed by atoms with Crippen LogP contribution in [0.25, 0.3) is 22.1 Å². The fourth-order valence-corrected chi connectivity index (χ4v) is 4.50. The molecule has 5 nitrogen and oxygen atoms in total. The van der Waals surface area contributed by atoms with Gasteiger partial charge in [-0.15, -0.1) is 0 Å². The van der Waals surface area contributed by atoms with Gasteiger partial charge in [0.15, 0.2) is 0 Å². The molecule has 0 amide bonds. The van der Waals surface area contributed by atoms with Gasteiger partial charge in [-0.3, -0.25) is 4.90 Å². The number of ether oxygens (including phenoxy) is 1. The molecule has 0 saturated carbocycles. The lowest BCUT2D eigenvalue weighted by Gasteiger charge is -2.26. The molecule has 0 spiro atoms. The molecule has 1 aromatic heterocycles. The summed E-state index contributed by atoms with van der Waals surface area (Å²) in [5.41, 5.74) is 3.30. The van der Waals surface area contributed by atoms with Gasteiger partial charge in [-0.1, -0.05) is 62.7 Å². The summed E-state index contributed by atoms with van der Waals surface area (Å²) in [5.74, 6) is 0.911. The van der Waals surface area contributed by atoms with E-state index in [1.54, 1.807) is 6.07 Å². The van der Waals surface area contributed by atoms with Crippen LogP contribution in [0.5, 0.6) is 11.5 Å². The Bertz CT molecular complexity index is 1290. The van der Waals surface area contributed by atoms with Gasteiger partial charge in [0.2, 0.25) is 0 Å². The Kier molecular flexibility index (Phi) is 8.22. The molecule has 1 aliphatic heterocycles. The molecular formula is C30H33NO4. The number of hydrogen-bond acceptors (Lipinski definition) is 5. The zero-order valence-electron chi connectivity index (χ0n) is 20.5. The number of phenolic OH excluding ortho intramolecular Hbond substituents is 1. The smallest absolute Gasteiger partial charge is 0.344 e. The summed E-state index contributed by atoms with van der Waals surface area (Å²) in [6.45, 7) is 6.81. The van der Waals surface area contributed by atoms with Crippen molar-refractivity contribution in [3.63, 3.8) is 0 Å². The summed E-state index contributed by atoms with van der Waals surface area (Å²) in [7, 11) is 0. The van der Waals surface area contributed by atoms with Crippen molar-refractivity contribution in [2.75, 3.05) is 19.8 Å². The summed E-state index contributed by atoms with van der Waals surface area (Å²) >= 11 is 0. The van der Waals surface area contributed by atoms with E-state index in [4.69, 9.17) is 9.15 Å². The maximum Gasteiger partial charge on any atom is 0.344 e. The molecule has 5 heteroatoms. The number of benzene rings is 3. The summed E-state index contributed by atoms with van der Waals surface area (Å²) in [5, 5.41) is 10.7. The van der Waals surface area contributed by atoms with Crippen LogP contribution in [0.1, 0.15) is 44.2 Å². The van der Waals surface area contributed by atoms with Gasteiger partial charge in [0.1, 0.15) is 23.8 Å². The average Bonchev–Trinajstić information content (AvgIpc) is 2.90. The maximum atomic E-state index is 13.0. The van der Waals surface area contributed by atoms with Crippen LogP contribution in [-0.2, 0) is 6.42 Å². The molecule has 5 rings (SSSR count). The van der Waals surface area contributed by atoms with E-state index in [0.29, 0.717) is 24.3 Å². The van der Waals surface area contributed by atoms with Crippen LogP contribution in [0, 0.1) is 0 Å². The van der Waals surface area contributed by atoms with Crippen molar-refractivity contribution in [1.82, 2.24) is 4.90 Å². The normalized spacial score (nSPS) is 13.8. The summed E-state index contributed by atoms with van der Waals surface area (Å²) in [6.07, 6.45) is 4.34. The predicted octanol–water partition coefficient (Wildman–Crippen LogP) is 6.60. The molecule has 1 N–H and O–H groups in total. The largest absolute Gasteiger partial charge is 0.508 e. The highest BCUT2D eigenvalue weighted by atomic mass is 16.5. The fourth-order valence-electron chi connectivity index (χ4n) is 4.50. The first-order valence-electron chi connectivity index (χ1n) is 12.5. The molecular weight excluding hydrogens is 438 g/mol. The number of rotatable bonds is 6. The lowest BCUT2D eigenvalue weighted by atomic mass is 9.93. The third-order valence-corrected chi connectivity index (χ3v) is 6.23. The third kappa shape index (κ3) is 5.92. The molecule has 1 aliphatic rings. The molecule has 1 saturated heterocycles. The Morgan fingerprint density at radius 3 is 2.34 bits per heavy atom. The van der Waals surface area contributed by atoms with Gasteiger partial charge >= 0.3 is 5.63 Å². The van der Waals surface area contributed by atoms with Crippen molar-refractivity contribution in [2.45, 2.75) is 39.5 Å². The van der Waals surface area contributed by atoms with Gasteiger partial charge in [-0.05, 0) is 60.2 Å². The van der Waals surface area contributed by atoms with Crippen LogP contribution in [-0.4, -0.2) is 29.8 Å². The third-order valence-electron chi connectivity index (χ3n) is 6.23. The zero-order chi connectivity index (χ0) is 24.6. The first-order valence-corrected chi connectivity index (χ1v) is 12.5. The minimum absolute atomic E-state index is 0.0688. The molecule has 182 valence electrons. The molecule has 4 aromatic rings. The number of likely N-dealkylation sites (tertiary alicyclic amines) is 1. The number of phenols is 1. The van der Waals surface area contributed by atoms with Crippen molar-refractivity contribution >= 4 is 11.0 Å². The monoisotopic (exact) mass is 471 g/mol. The van der Waals surface area contributed by atoms with Crippen molar-refractivity contribution in [2.24, 2.45) is 0 Å². The van der Waals surface area contributed by atoms with Gasteiger partial charge in [-0.2, -0.15) is 0 Å². The quantitative estimate of drug-likeness (QED) is 0.321. The van der Waals surface area contributed by atoms with E-state index in [0.717, 1.165) is 40.9 Å².